The summed E-state index contributed by atoms with van der Waals surface area (Å²) in [6.07, 6.45) is 4.10. The normalized spacial score (nSPS) is 15.3. The van der Waals surface area contributed by atoms with E-state index in [0.717, 1.165) is 42.6 Å². The molecule has 4 rings (SSSR count). The maximum absolute atomic E-state index is 12.9. The van der Waals surface area contributed by atoms with Crippen molar-refractivity contribution in [2.75, 3.05) is 18.2 Å². The van der Waals surface area contributed by atoms with Crippen LogP contribution in [0.15, 0.2) is 29.4 Å². The summed E-state index contributed by atoms with van der Waals surface area (Å²) < 4.78 is 7.47. The number of methoxy groups -OCH3 is 1. The Morgan fingerprint density at radius 1 is 1.33 bits per heavy atom. The molecule has 0 radical (unpaired) electrons. The monoisotopic (exact) mass is 523 g/mol. The molecule has 0 bridgehead atoms. The van der Waals surface area contributed by atoms with E-state index >= 15 is 0 Å². The highest BCUT2D eigenvalue weighted by molar-refractivity contribution is 7.99. The molecule has 0 saturated heterocycles. The maximum atomic E-state index is 12.9. The number of nitrogens with zero attached hydrogens (tertiary/aromatic N) is 4. The molecule has 1 N–H and O–H groups in total. The number of rotatable bonds is 9. The Kier molecular flexibility index (Phi) is 8.06. The van der Waals surface area contributed by atoms with Gasteiger partial charge in [0, 0.05) is 11.4 Å². The van der Waals surface area contributed by atoms with Gasteiger partial charge < -0.3 is 14.6 Å². The highest BCUT2D eigenvalue weighted by Crippen LogP contribution is 2.45. The minimum Gasteiger partial charge on any atom is -0.496 e. The number of carbonyl (C=O) groups excluding carboxylic acids is 1. The van der Waals surface area contributed by atoms with E-state index < -0.39 is 0 Å². The molecule has 36 heavy (non-hydrogen) atoms. The SMILES string of the molecule is CCn1c(SCC(=O)Nc2sc3c(c2C#N)CCC(C(C)(C)CC)C3)nnc1-c1ccccc1OC. The molecule has 190 valence electrons. The van der Waals surface area contributed by atoms with Crippen molar-refractivity contribution in [2.45, 2.75) is 65.1 Å². The van der Waals surface area contributed by atoms with Gasteiger partial charge in [-0.05, 0) is 55.2 Å². The van der Waals surface area contributed by atoms with Gasteiger partial charge in [-0.2, -0.15) is 5.26 Å². The van der Waals surface area contributed by atoms with Crippen LogP contribution in [0.2, 0.25) is 0 Å². The van der Waals surface area contributed by atoms with Crippen LogP contribution in [-0.4, -0.2) is 33.5 Å². The summed E-state index contributed by atoms with van der Waals surface area (Å²) in [5, 5.41) is 22.9. The number of hydrogen-bond acceptors (Lipinski definition) is 7. The lowest BCUT2D eigenvalue weighted by Gasteiger charge is -2.36. The van der Waals surface area contributed by atoms with Crippen molar-refractivity contribution in [3.05, 3.63) is 40.3 Å². The molecule has 1 amide bonds. The molecule has 0 spiro atoms. The number of amides is 1. The first-order valence-corrected chi connectivity index (χ1v) is 14.2. The van der Waals surface area contributed by atoms with E-state index in [1.807, 2.05) is 35.8 Å². The zero-order valence-corrected chi connectivity index (χ0v) is 23.2. The van der Waals surface area contributed by atoms with Crippen molar-refractivity contribution in [1.29, 1.82) is 5.26 Å². The quantitative estimate of drug-likeness (QED) is 0.337. The van der Waals surface area contributed by atoms with E-state index in [-0.39, 0.29) is 17.1 Å². The second kappa shape index (κ2) is 11.1. The van der Waals surface area contributed by atoms with Gasteiger partial charge in [0.25, 0.3) is 0 Å². The molecule has 1 unspecified atom stereocenters. The second-order valence-electron chi connectivity index (χ2n) is 9.69. The molecule has 2 heterocycles. The van der Waals surface area contributed by atoms with Gasteiger partial charge in [-0.3, -0.25) is 4.79 Å². The minimum atomic E-state index is -0.148. The highest BCUT2D eigenvalue weighted by atomic mass is 32.2. The minimum absolute atomic E-state index is 0.148. The number of thiophene rings is 1. The highest BCUT2D eigenvalue weighted by Gasteiger charge is 2.34. The van der Waals surface area contributed by atoms with Gasteiger partial charge in [-0.15, -0.1) is 21.5 Å². The molecular formula is C27H33N5O2S2. The molecule has 1 atom stereocenters. The molecule has 7 nitrogen and oxygen atoms in total. The Bertz CT molecular complexity index is 1290. The van der Waals surface area contributed by atoms with Crippen molar-refractivity contribution < 1.29 is 9.53 Å². The number of nitriles is 1. The van der Waals surface area contributed by atoms with Crippen molar-refractivity contribution >= 4 is 34.0 Å². The van der Waals surface area contributed by atoms with Crippen LogP contribution in [0.4, 0.5) is 5.00 Å². The van der Waals surface area contributed by atoms with E-state index in [4.69, 9.17) is 4.74 Å². The number of nitrogens with one attached hydrogen (secondary N) is 1. The largest absolute Gasteiger partial charge is 0.496 e. The van der Waals surface area contributed by atoms with E-state index in [2.05, 4.69) is 42.4 Å². The van der Waals surface area contributed by atoms with Crippen LogP contribution in [0.25, 0.3) is 11.4 Å². The Hall–Kier alpha value is -2.83. The molecule has 1 aromatic carbocycles. The summed E-state index contributed by atoms with van der Waals surface area (Å²) in [7, 11) is 1.63. The summed E-state index contributed by atoms with van der Waals surface area (Å²) in [6, 6.07) is 10.0. The number of ether oxygens (including phenoxy) is 1. The molecule has 3 aromatic rings. The molecule has 0 fully saturated rings. The van der Waals surface area contributed by atoms with Gasteiger partial charge in [0.05, 0.1) is 24.0 Å². The Labute approximate surface area is 221 Å². The van der Waals surface area contributed by atoms with E-state index in [1.54, 1.807) is 18.4 Å². The van der Waals surface area contributed by atoms with Crippen LogP contribution < -0.4 is 10.1 Å². The van der Waals surface area contributed by atoms with Crippen molar-refractivity contribution in [3.63, 3.8) is 0 Å². The van der Waals surface area contributed by atoms with Gasteiger partial charge in [0.15, 0.2) is 11.0 Å². The first kappa shape index (κ1) is 26.2. The molecule has 0 aliphatic heterocycles. The summed E-state index contributed by atoms with van der Waals surface area (Å²) in [5.74, 6) is 2.06. The maximum Gasteiger partial charge on any atom is 0.235 e. The number of anilines is 1. The van der Waals surface area contributed by atoms with Crippen LogP contribution in [0, 0.1) is 22.7 Å². The number of carbonyl (C=O) groups is 1. The number of para-hydroxylation sites is 1. The summed E-state index contributed by atoms with van der Waals surface area (Å²) in [6.45, 7) is 9.59. The van der Waals surface area contributed by atoms with Gasteiger partial charge >= 0.3 is 0 Å². The van der Waals surface area contributed by atoms with Crippen LogP contribution >= 0.6 is 23.1 Å². The summed E-state index contributed by atoms with van der Waals surface area (Å²) >= 11 is 2.91. The van der Waals surface area contributed by atoms with Crippen molar-refractivity contribution in [1.82, 2.24) is 14.8 Å². The van der Waals surface area contributed by atoms with E-state index in [1.165, 1.54) is 16.6 Å². The van der Waals surface area contributed by atoms with E-state index in [9.17, 15) is 10.1 Å². The number of aromatic nitrogens is 3. The van der Waals surface area contributed by atoms with Gasteiger partial charge in [-0.25, -0.2) is 0 Å². The second-order valence-corrected chi connectivity index (χ2v) is 11.7. The fourth-order valence-corrected chi connectivity index (χ4v) is 6.85. The summed E-state index contributed by atoms with van der Waals surface area (Å²) in [5.41, 5.74) is 2.89. The third-order valence-electron chi connectivity index (χ3n) is 7.36. The Morgan fingerprint density at radius 3 is 2.81 bits per heavy atom. The average molecular weight is 524 g/mol. The first-order valence-electron chi connectivity index (χ1n) is 12.4. The van der Waals surface area contributed by atoms with E-state index in [0.29, 0.717) is 34.0 Å². The third-order valence-corrected chi connectivity index (χ3v) is 9.50. The Morgan fingerprint density at radius 2 is 2.11 bits per heavy atom. The number of benzene rings is 1. The fraction of sp³-hybridized carbons (Fsp3) is 0.481. The predicted octanol–water partition coefficient (Wildman–Crippen LogP) is 6.18. The predicted molar refractivity (Wildman–Crippen MR) is 146 cm³/mol. The van der Waals surface area contributed by atoms with Crippen molar-refractivity contribution in [2.24, 2.45) is 11.3 Å². The smallest absolute Gasteiger partial charge is 0.235 e. The molecular weight excluding hydrogens is 490 g/mol. The molecule has 9 heteroatoms. The van der Waals surface area contributed by atoms with Crippen LogP contribution in [0.3, 0.4) is 0 Å². The fourth-order valence-electron chi connectivity index (χ4n) is 4.75. The lowest BCUT2D eigenvalue weighted by atomic mass is 9.69. The lowest BCUT2D eigenvalue weighted by Crippen LogP contribution is -2.28. The topological polar surface area (TPSA) is 92.8 Å². The van der Waals surface area contributed by atoms with Crippen LogP contribution in [0.5, 0.6) is 5.75 Å². The zero-order valence-electron chi connectivity index (χ0n) is 21.6. The lowest BCUT2D eigenvalue weighted by molar-refractivity contribution is -0.113. The Balaban J connectivity index is 1.47. The van der Waals surface area contributed by atoms with Gasteiger partial charge in [-0.1, -0.05) is 51.1 Å². The van der Waals surface area contributed by atoms with Gasteiger partial charge in [0.1, 0.15) is 16.8 Å². The number of fused-ring (bicyclic) bond motifs is 1. The van der Waals surface area contributed by atoms with Crippen LogP contribution in [0.1, 0.15) is 56.5 Å². The average Bonchev–Trinajstić information content (AvgIpc) is 3.46. The zero-order chi connectivity index (χ0) is 25.9. The third kappa shape index (κ3) is 5.16. The van der Waals surface area contributed by atoms with Crippen molar-refractivity contribution in [3.8, 4) is 23.2 Å². The molecule has 1 aliphatic rings. The molecule has 2 aromatic heterocycles. The molecule has 0 saturated carbocycles. The van der Waals surface area contributed by atoms with Gasteiger partial charge in [0.2, 0.25) is 5.91 Å². The molecule has 1 aliphatic carbocycles. The van der Waals surface area contributed by atoms with Crippen LogP contribution in [-0.2, 0) is 24.2 Å². The number of hydrogen-bond donors (Lipinski definition) is 1. The first-order chi connectivity index (χ1) is 17.3. The number of thioether (sulfide) groups is 1. The summed E-state index contributed by atoms with van der Waals surface area (Å²) in [4.78, 5) is 14.2. The standard InChI is InChI=1S/C27H33N5O2S2/c1-6-27(3,4)17-12-13-18-20(15-28)25(36-22(18)14-17)29-23(33)16-35-26-31-30-24(32(26)7-2)19-10-8-9-11-21(19)34-5/h8-11,17H,6-7,12-14,16H2,1-5H3,(H,29,33).